The second kappa shape index (κ2) is 8.62. The molecule has 0 saturated heterocycles. The lowest BCUT2D eigenvalue weighted by Crippen LogP contribution is -2.10. The zero-order valence-corrected chi connectivity index (χ0v) is 17.0. The Morgan fingerprint density at radius 2 is 1.29 bits per heavy atom. The van der Waals surface area contributed by atoms with Crippen LogP contribution in [0.5, 0.6) is 0 Å². The highest BCUT2D eigenvalue weighted by molar-refractivity contribution is 5.52. The summed E-state index contributed by atoms with van der Waals surface area (Å²) in [6, 6.07) is 6.63. The molecule has 144 valence electrons. The largest absolute Gasteiger partial charge is 0.205 e. The summed E-state index contributed by atoms with van der Waals surface area (Å²) in [6.45, 7) is 8.20. The van der Waals surface area contributed by atoms with Crippen LogP contribution in [-0.4, -0.2) is 0 Å². The van der Waals surface area contributed by atoms with E-state index in [1.807, 2.05) is 32.9 Å². The van der Waals surface area contributed by atoms with Crippen LogP contribution >= 0.6 is 0 Å². The summed E-state index contributed by atoms with van der Waals surface area (Å²) in [7, 11) is 0. The Kier molecular flexibility index (Phi) is 6.21. The minimum atomic E-state index is -0.656. The fourth-order valence-electron chi connectivity index (χ4n) is 3.86. The van der Waals surface area contributed by atoms with Gasteiger partial charge in [0, 0.05) is 17.0 Å². The highest BCUT2D eigenvalue weighted by Crippen LogP contribution is 2.27. The second-order valence-electron chi connectivity index (χ2n) is 8.06. The SMILES string of the molecule is Cc1cc(C)c(C#Cc2c(F)cc(C#CC3CCC(C)CC3)cc2F)c(C)c1. The molecule has 3 rings (SSSR count). The van der Waals surface area contributed by atoms with Crippen LogP contribution in [0, 0.1) is 67.9 Å². The first-order valence-corrected chi connectivity index (χ1v) is 9.94. The molecule has 1 aliphatic carbocycles. The van der Waals surface area contributed by atoms with Gasteiger partial charge in [0.15, 0.2) is 0 Å². The van der Waals surface area contributed by atoms with Gasteiger partial charge in [0.25, 0.3) is 0 Å². The molecule has 0 bridgehead atoms. The monoisotopic (exact) mass is 376 g/mol. The Balaban J connectivity index is 1.85. The summed E-state index contributed by atoms with van der Waals surface area (Å²) in [5.74, 6) is 11.6. The first-order valence-electron chi connectivity index (χ1n) is 9.94. The molecule has 0 unspecified atom stereocenters. The molecule has 0 N–H and O–H groups in total. The molecular weight excluding hydrogens is 350 g/mol. The molecule has 0 heterocycles. The fourth-order valence-corrected chi connectivity index (χ4v) is 3.86. The molecule has 1 aliphatic rings. The van der Waals surface area contributed by atoms with Crippen molar-refractivity contribution in [1.29, 1.82) is 0 Å². The summed E-state index contributed by atoms with van der Waals surface area (Å²) in [5, 5.41) is 0. The lowest BCUT2D eigenvalue weighted by molar-refractivity contribution is 0.337. The number of rotatable bonds is 0. The smallest absolute Gasteiger partial charge is 0.143 e. The highest BCUT2D eigenvalue weighted by Gasteiger charge is 2.16. The van der Waals surface area contributed by atoms with Crippen molar-refractivity contribution in [2.24, 2.45) is 11.8 Å². The van der Waals surface area contributed by atoms with Gasteiger partial charge in [-0.15, -0.1) is 0 Å². The predicted molar refractivity (Wildman–Crippen MR) is 111 cm³/mol. The van der Waals surface area contributed by atoms with Crippen molar-refractivity contribution >= 4 is 0 Å². The van der Waals surface area contributed by atoms with Crippen molar-refractivity contribution in [3.05, 3.63) is 69.3 Å². The number of hydrogen-bond acceptors (Lipinski definition) is 0. The molecule has 0 atom stereocenters. The molecule has 2 aromatic rings. The van der Waals surface area contributed by atoms with Gasteiger partial charge in [0.2, 0.25) is 0 Å². The van der Waals surface area contributed by atoms with E-state index in [9.17, 15) is 8.78 Å². The van der Waals surface area contributed by atoms with Crippen molar-refractivity contribution in [2.75, 3.05) is 0 Å². The van der Waals surface area contributed by atoms with Crippen LogP contribution in [0.25, 0.3) is 0 Å². The van der Waals surface area contributed by atoms with Crippen LogP contribution in [0.2, 0.25) is 0 Å². The van der Waals surface area contributed by atoms with Crippen molar-refractivity contribution in [2.45, 2.75) is 53.4 Å². The molecular formula is C26H26F2. The average molecular weight is 376 g/mol. The Hall–Kier alpha value is -2.58. The molecule has 0 aliphatic heterocycles. The van der Waals surface area contributed by atoms with Gasteiger partial charge < -0.3 is 0 Å². The normalized spacial score (nSPS) is 18.6. The molecule has 0 spiro atoms. The first kappa shape index (κ1) is 20.2. The van der Waals surface area contributed by atoms with Gasteiger partial charge in [-0.3, -0.25) is 0 Å². The van der Waals surface area contributed by atoms with E-state index in [-0.39, 0.29) is 5.56 Å². The van der Waals surface area contributed by atoms with Crippen molar-refractivity contribution in [3.63, 3.8) is 0 Å². The maximum Gasteiger partial charge on any atom is 0.143 e. The van der Waals surface area contributed by atoms with Gasteiger partial charge >= 0.3 is 0 Å². The minimum absolute atomic E-state index is 0.198. The number of benzene rings is 2. The van der Waals surface area contributed by atoms with Crippen LogP contribution in [-0.2, 0) is 0 Å². The number of halogens is 2. The van der Waals surface area contributed by atoms with E-state index < -0.39 is 11.6 Å². The summed E-state index contributed by atoms with van der Waals surface area (Å²) in [5.41, 5.74) is 4.16. The Morgan fingerprint density at radius 1 is 0.750 bits per heavy atom. The summed E-state index contributed by atoms with van der Waals surface area (Å²) in [4.78, 5) is 0. The van der Waals surface area contributed by atoms with Crippen molar-refractivity contribution in [1.82, 2.24) is 0 Å². The maximum atomic E-state index is 14.5. The third-order valence-electron chi connectivity index (χ3n) is 5.47. The van der Waals surface area contributed by atoms with E-state index in [1.54, 1.807) is 0 Å². The van der Waals surface area contributed by atoms with Crippen LogP contribution in [0.1, 0.15) is 66.0 Å². The van der Waals surface area contributed by atoms with Gasteiger partial charge in [-0.05, 0) is 75.6 Å². The maximum absolute atomic E-state index is 14.5. The third kappa shape index (κ3) is 4.82. The third-order valence-corrected chi connectivity index (χ3v) is 5.47. The van der Waals surface area contributed by atoms with Crippen molar-refractivity contribution in [3.8, 4) is 23.7 Å². The quantitative estimate of drug-likeness (QED) is 0.462. The zero-order valence-electron chi connectivity index (χ0n) is 17.0. The van der Waals surface area contributed by atoms with Crippen LogP contribution in [0.3, 0.4) is 0 Å². The summed E-state index contributed by atoms with van der Waals surface area (Å²) in [6.07, 6.45) is 4.48. The molecule has 0 nitrogen and oxygen atoms in total. The molecule has 28 heavy (non-hydrogen) atoms. The van der Waals surface area contributed by atoms with Crippen LogP contribution in [0.15, 0.2) is 24.3 Å². The van der Waals surface area contributed by atoms with Gasteiger partial charge in [0.05, 0.1) is 5.56 Å². The van der Waals surface area contributed by atoms with E-state index in [2.05, 4.69) is 30.6 Å². The molecule has 0 amide bonds. The molecule has 0 aromatic heterocycles. The predicted octanol–water partition coefficient (Wildman–Crippen LogP) is 6.47. The Labute approximate surface area is 167 Å². The lowest BCUT2D eigenvalue weighted by atomic mass is 9.83. The van der Waals surface area contributed by atoms with E-state index in [4.69, 9.17) is 0 Å². The van der Waals surface area contributed by atoms with Gasteiger partial charge in [-0.25, -0.2) is 8.78 Å². The fraction of sp³-hybridized carbons (Fsp3) is 0.385. The molecule has 2 aromatic carbocycles. The van der Waals surface area contributed by atoms with E-state index in [0.717, 1.165) is 41.0 Å². The first-order chi connectivity index (χ1) is 13.3. The van der Waals surface area contributed by atoms with E-state index in [1.165, 1.54) is 25.0 Å². The van der Waals surface area contributed by atoms with Gasteiger partial charge in [-0.1, -0.05) is 48.3 Å². The number of hydrogen-bond donors (Lipinski definition) is 0. The summed E-state index contributed by atoms with van der Waals surface area (Å²) < 4.78 is 29.0. The van der Waals surface area contributed by atoms with Gasteiger partial charge in [0.1, 0.15) is 11.6 Å². The topological polar surface area (TPSA) is 0 Å². The number of aryl methyl sites for hydroxylation is 3. The Morgan fingerprint density at radius 3 is 1.86 bits per heavy atom. The summed E-state index contributed by atoms with van der Waals surface area (Å²) >= 11 is 0. The molecule has 2 heteroatoms. The van der Waals surface area contributed by atoms with Crippen molar-refractivity contribution < 1.29 is 8.78 Å². The minimum Gasteiger partial charge on any atom is -0.205 e. The molecule has 1 saturated carbocycles. The lowest BCUT2D eigenvalue weighted by Gasteiger charge is -2.21. The van der Waals surface area contributed by atoms with Crippen LogP contribution in [0.4, 0.5) is 8.78 Å². The highest BCUT2D eigenvalue weighted by atomic mass is 19.1. The zero-order chi connectivity index (χ0) is 20.3. The second-order valence-corrected chi connectivity index (χ2v) is 8.06. The Bertz CT molecular complexity index is 954. The van der Waals surface area contributed by atoms with E-state index in [0.29, 0.717) is 11.5 Å². The van der Waals surface area contributed by atoms with E-state index >= 15 is 0 Å². The average Bonchev–Trinajstić information content (AvgIpc) is 2.62. The van der Waals surface area contributed by atoms with Gasteiger partial charge in [-0.2, -0.15) is 0 Å². The molecule has 0 radical (unpaired) electrons. The van der Waals surface area contributed by atoms with Crippen LogP contribution < -0.4 is 0 Å². The standard InChI is InChI=1S/C26H26F2/c1-17-5-7-21(8-6-17)9-10-22-15-25(27)24(26(28)16-22)12-11-23-19(3)13-18(2)14-20(23)4/h13-17,21H,5-8H2,1-4H3. The molecule has 1 fully saturated rings.